The molecule has 2 aliphatic carbocycles. The van der Waals surface area contributed by atoms with E-state index in [1.54, 1.807) is 0 Å². The quantitative estimate of drug-likeness (QED) is 0.796. The monoisotopic (exact) mass is 295 g/mol. The third-order valence-electron chi connectivity index (χ3n) is 5.51. The summed E-state index contributed by atoms with van der Waals surface area (Å²) in [6.45, 7) is 7.46. The molecular weight excluding hydrogens is 262 g/mol. The topological polar surface area (TPSA) is 52.3 Å². The molecule has 2 rings (SSSR count). The maximum absolute atomic E-state index is 12.4. The van der Waals surface area contributed by atoms with Crippen LogP contribution in [0.15, 0.2) is 0 Å². The zero-order valence-electron chi connectivity index (χ0n) is 14.1. The van der Waals surface area contributed by atoms with Crippen LogP contribution in [0.2, 0.25) is 0 Å². The third-order valence-corrected chi connectivity index (χ3v) is 5.51. The molecule has 2 unspecified atom stereocenters. The van der Waals surface area contributed by atoms with Crippen LogP contribution in [0.25, 0.3) is 0 Å². The summed E-state index contributed by atoms with van der Waals surface area (Å²) in [5.41, 5.74) is 6.29. The molecule has 0 aromatic rings. The minimum absolute atomic E-state index is 0.0164. The van der Waals surface area contributed by atoms with Crippen molar-refractivity contribution in [2.75, 3.05) is 6.54 Å². The Morgan fingerprint density at radius 1 is 1.19 bits per heavy atom. The van der Waals surface area contributed by atoms with Gasteiger partial charge in [-0.25, -0.2) is 0 Å². The zero-order valence-corrected chi connectivity index (χ0v) is 14.1. The first-order valence-corrected chi connectivity index (χ1v) is 8.74. The van der Waals surface area contributed by atoms with Crippen molar-refractivity contribution in [3.05, 3.63) is 0 Å². The van der Waals surface area contributed by atoms with Gasteiger partial charge in [-0.3, -0.25) is 4.79 Å². The third kappa shape index (κ3) is 4.70. The minimum Gasteiger partial charge on any atom is -0.462 e. The lowest BCUT2D eigenvalue weighted by atomic mass is 9.71. The van der Waals surface area contributed by atoms with Crippen LogP contribution < -0.4 is 5.73 Å². The average molecular weight is 295 g/mol. The van der Waals surface area contributed by atoms with Crippen molar-refractivity contribution in [1.82, 2.24) is 0 Å². The van der Waals surface area contributed by atoms with Crippen molar-refractivity contribution in [2.24, 2.45) is 22.5 Å². The fourth-order valence-corrected chi connectivity index (χ4v) is 4.64. The number of ether oxygens (including phenoxy) is 1. The highest BCUT2D eigenvalue weighted by atomic mass is 16.5. The Labute approximate surface area is 130 Å². The summed E-state index contributed by atoms with van der Waals surface area (Å²) in [6.07, 6.45) is 9.75. The molecule has 2 fully saturated rings. The van der Waals surface area contributed by atoms with Gasteiger partial charge in [0.25, 0.3) is 0 Å². The van der Waals surface area contributed by atoms with Gasteiger partial charge in [0.05, 0.1) is 6.42 Å². The Morgan fingerprint density at radius 2 is 1.86 bits per heavy atom. The van der Waals surface area contributed by atoms with Gasteiger partial charge in [-0.05, 0) is 55.4 Å². The van der Waals surface area contributed by atoms with Gasteiger partial charge in [0.2, 0.25) is 0 Å². The van der Waals surface area contributed by atoms with Gasteiger partial charge in [-0.15, -0.1) is 0 Å². The molecule has 3 nitrogen and oxygen atoms in total. The van der Waals surface area contributed by atoms with Crippen molar-refractivity contribution in [3.8, 4) is 0 Å². The highest BCUT2D eigenvalue weighted by Gasteiger charge is 2.37. The average Bonchev–Trinajstić information content (AvgIpc) is 2.37. The molecule has 3 heteroatoms. The van der Waals surface area contributed by atoms with Crippen LogP contribution in [0.4, 0.5) is 0 Å². The second-order valence-electron chi connectivity index (χ2n) is 8.47. The Hall–Kier alpha value is -0.570. The zero-order chi connectivity index (χ0) is 15.5. The van der Waals surface area contributed by atoms with Gasteiger partial charge < -0.3 is 10.5 Å². The summed E-state index contributed by atoms with van der Waals surface area (Å²) in [5.74, 6) is 0.627. The molecule has 0 heterocycles. The molecule has 0 saturated heterocycles. The summed E-state index contributed by atoms with van der Waals surface area (Å²) >= 11 is 0. The molecule has 21 heavy (non-hydrogen) atoms. The highest BCUT2D eigenvalue weighted by molar-refractivity contribution is 5.70. The molecule has 0 bridgehead atoms. The predicted octanol–water partition coefficient (Wildman–Crippen LogP) is 4.04. The van der Waals surface area contributed by atoms with Crippen LogP contribution in [-0.2, 0) is 9.53 Å². The van der Waals surface area contributed by atoms with Crippen molar-refractivity contribution in [2.45, 2.75) is 84.7 Å². The number of rotatable bonds is 4. The van der Waals surface area contributed by atoms with Crippen molar-refractivity contribution < 1.29 is 9.53 Å². The minimum atomic E-state index is -0.0164. The Balaban J connectivity index is 1.88. The van der Waals surface area contributed by atoms with Crippen LogP contribution in [-0.4, -0.2) is 18.6 Å². The van der Waals surface area contributed by atoms with E-state index in [-0.39, 0.29) is 17.5 Å². The van der Waals surface area contributed by atoms with Crippen molar-refractivity contribution in [3.63, 3.8) is 0 Å². The standard InChI is InChI=1S/C18H33NO2/c1-14-9-15(11-17(2,3)10-14)21-16(20)12-18(13-19)7-5-4-6-8-18/h14-15H,4-13,19H2,1-3H3. The Kier molecular flexibility index (Phi) is 5.34. The molecule has 2 atom stereocenters. The molecule has 0 aromatic heterocycles. The van der Waals surface area contributed by atoms with Gasteiger partial charge in [-0.1, -0.05) is 40.0 Å². The number of esters is 1. The summed E-state index contributed by atoms with van der Waals surface area (Å²) in [6, 6.07) is 0. The maximum atomic E-state index is 12.4. The molecule has 0 aromatic carbocycles. The molecule has 2 N–H and O–H groups in total. The molecule has 0 spiro atoms. The SMILES string of the molecule is CC1CC(OC(=O)CC2(CN)CCCCC2)CC(C)(C)C1. The smallest absolute Gasteiger partial charge is 0.306 e. The van der Waals surface area contributed by atoms with Gasteiger partial charge >= 0.3 is 5.97 Å². The Bertz CT molecular complexity index is 358. The fraction of sp³-hybridized carbons (Fsp3) is 0.944. The van der Waals surface area contributed by atoms with Gasteiger partial charge in [-0.2, -0.15) is 0 Å². The number of nitrogens with two attached hydrogens (primary N) is 1. The van der Waals surface area contributed by atoms with E-state index in [1.807, 2.05) is 0 Å². The van der Waals surface area contributed by atoms with E-state index in [2.05, 4.69) is 20.8 Å². The highest BCUT2D eigenvalue weighted by Crippen LogP contribution is 2.41. The van der Waals surface area contributed by atoms with E-state index >= 15 is 0 Å². The lowest BCUT2D eigenvalue weighted by Gasteiger charge is -2.39. The number of carbonyl (C=O) groups excluding carboxylic acids is 1. The number of hydrogen-bond acceptors (Lipinski definition) is 3. The lowest BCUT2D eigenvalue weighted by Crippen LogP contribution is -2.38. The van der Waals surface area contributed by atoms with Gasteiger partial charge in [0.15, 0.2) is 0 Å². The van der Waals surface area contributed by atoms with Gasteiger partial charge in [0.1, 0.15) is 6.10 Å². The van der Waals surface area contributed by atoms with Crippen LogP contribution in [0.3, 0.4) is 0 Å². The van der Waals surface area contributed by atoms with E-state index in [9.17, 15) is 4.79 Å². The lowest BCUT2D eigenvalue weighted by molar-refractivity contribution is -0.156. The molecule has 122 valence electrons. The first-order chi connectivity index (χ1) is 9.84. The molecule has 0 radical (unpaired) electrons. The second kappa shape index (κ2) is 6.68. The van der Waals surface area contributed by atoms with E-state index in [1.165, 1.54) is 25.7 Å². The first kappa shape index (κ1) is 16.8. The second-order valence-corrected chi connectivity index (χ2v) is 8.47. The summed E-state index contributed by atoms with van der Waals surface area (Å²) in [5, 5.41) is 0. The van der Waals surface area contributed by atoms with Crippen LogP contribution in [0, 0.1) is 16.7 Å². The van der Waals surface area contributed by atoms with Crippen LogP contribution in [0.1, 0.15) is 78.6 Å². The molecule has 2 aliphatic rings. The van der Waals surface area contributed by atoms with E-state index < -0.39 is 0 Å². The van der Waals surface area contributed by atoms with Crippen LogP contribution >= 0.6 is 0 Å². The van der Waals surface area contributed by atoms with Crippen molar-refractivity contribution in [1.29, 1.82) is 0 Å². The molecule has 0 aliphatic heterocycles. The summed E-state index contributed by atoms with van der Waals surface area (Å²) < 4.78 is 5.83. The van der Waals surface area contributed by atoms with E-state index in [0.29, 0.717) is 24.3 Å². The van der Waals surface area contributed by atoms with Crippen LogP contribution in [0.5, 0.6) is 0 Å². The molecule has 2 saturated carbocycles. The van der Waals surface area contributed by atoms with Crippen molar-refractivity contribution >= 4 is 5.97 Å². The predicted molar refractivity (Wildman–Crippen MR) is 85.9 cm³/mol. The van der Waals surface area contributed by atoms with E-state index in [4.69, 9.17) is 10.5 Å². The molecular formula is C18H33NO2. The summed E-state index contributed by atoms with van der Waals surface area (Å²) in [7, 11) is 0. The first-order valence-electron chi connectivity index (χ1n) is 8.74. The number of hydrogen-bond donors (Lipinski definition) is 1. The largest absolute Gasteiger partial charge is 0.462 e. The van der Waals surface area contributed by atoms with E-state index in [0.717, 1.165) is 25.7 Å². The maximum Gasteiger partial charge on any atom is 0.306 e. The molecule has 0 amide bonds. The Morgan fingerprint density at radius 3 is 2.43 bits per heavy atom. The van der Waals surface area contributed by atoms with Gasteiger partial charge in [0, 0.05) is 0 Å². The summed E-state index contributed by atoms with van der Waals surface area (Å²) in [4.78, 5) is 12.4. The fourth-order valence-electron chi connectivity index (χ4n) is 4.64. The number of carbonyl (C=O) groups is 1. The normalized spacial score (nSPS) is 31.6.